The van der Waals surface area contributed by atoms with Crippen molar-refractivity contribution in [3.63, 3.8) is 0 Å². The van der Waals surface area contributed by atoms with E-state index in [9.17, 15) is 19.7 Å². The topological polar surface area (TPSA) is 107 Å². The Morgan fingerprint density at radius 2 is 2.19 bits per heavy atom. The number of nitro groups is 1. The maximum atomic E-state index is 10.7. The van der Waals surface area contributed by atoms with Gasteiger partial charge in [-0.25, -0.2) is 4.79 Å². The van der Waals surface area contributed by atoms with Gasteiger partial charge in [0.25, 0.3) is 12.2 Å². The molecule has 1 aromatic carbocycles. The van der Waals surface area contributed by atoms with Gasteiger partial charge in [0.15, 0.2) is 0 Å². The molecule has 1 N–H and O–H groups in total. The summed E-state index contributed by atoms with van der Waals surface area (Å²) in [7, 11) is 0. The average molecular weight is 225 g/mol. The first kappa shape index (κ1) is 11.6. The molecule has 0 aliphatic rings. The van der Waals surface area contributed by atoms with Crippen LogP contribution in [-0.4, -0.2) is 22.5 Å². The number of hydrogen-bond acceptors (Lipinski definition) is 5. The molecule has 0 radical (unpaired) electrons. The fourth-order valence-electron chi connectivity index (χ4n) is 1.12. The molecule has 16 heavy (non-hydrogen) atoms. The van der Waals surface area contributed by atoms with Gasteiger partial charge in [0.05, 0.1) is 10.5 Å². The second-order valence-electron chi connectivity index (χ2n) is 2.86. The quantitative estimate of drug-likeness (QED) is 0.454. The van der Waals surface area contributed by atoms with E-state index in [1.54, 1.807) is 0 Å². The van der Waals surface area contributed by atoms with E-state index in [4.69, 9.17) is 5.11 Å². The third-order valence-electron chi connectivity index (χ3n) is 1.75. The summed E-state index contributed by atoms with van der Waals surface area (Å²) >= 11 is 0. The molecule has 1 rings (SSSR count). The third-order valence-corrected chi connectivity index (χ3v) is 1.75. The molecule has 0 aromatic heterocycles. The van der Waals surface area contributed by atoms with Crippen molar-refractivity contribution in [3.05, 3.63) is 39.4 Å². The lowest BCUT2D eigenvalue weighted by atomic mass is 10.1. The number of non-ortho nitro benzene ring substituents is 1. The van der Waals surface area contributed by atoms with Gasteiger partial charge in [-0.3, -0.25) is 14.9 Å². The van der Waals surface area contributed by atoms with Crippen molar-refractivity contribution in [1.29, 1.82) is 0 Å². The van der Waals surface area contributed by atoms with Crippen LogP contribution < -0.4 is 0 Å². The number of carboxylic acids is 1. The highest BCUT2D eigenvalue weighted by Gasteiger charge is 2.13. The number of carbonyl (C=O) groups excluding carboxylic acids is 1. The number of aromatic carboxylic acids is 1. The van der Waals surface area contributed by atoms with Crippen molar-refractivity contribution in [3.8, 4) is 0 Å². The zero-order valence-corrected chi connectivity index (χ0v) is 7.95. The van der Waals surface area contributed by atoms with E-state index in [0.717, 1.165) is 12.1 Å². The van der Waals surface area contributed by atoms with E-state index in [1.807, 2.05) is 0 Å². The molecule has 0 bridgehead atoms. The fourth-order valence-corrected chi connectivity index (χ4v) is 1.12. The normalized spacial score (nSPS) is 9.50. The zero-order chi connectivity index (χ0) is 12.1. The molecule has 84 valence electrons. The summed E-state index contributed by atoms with van der Waals surface area (Å²) in [5.74, 6) is -1.28. The Morgan fingerprint density at radius 3 is 2.69 bits per heavy atom. The second kappa shape index (κ2) is 4.87. The molecule has 7 heteroatoms. The lowest BCUT2D eigenvalue weighted by molar-refractivity contribution is -0.385. The highest BCUT2D eigenvalue weighted by molar-refractivity contribution is 5.88. The summed E-state index contributed by atoms with van der Waals surface area (Å²) in [4.78, 5) is 30.4. The van der Waals surface area contributed by atoms with Gasteiger partial charge in [0, 0.05) is 12.1 Å². The van der Waals surface area contributed by atoms with Crippen LogP contribution >= 0.6 is 0 Å². The molecular formula is C9H7NO6. The molecular weight excluding hydrogens is 218 g/mol. The highest BCUT2D eigenvalue weighted by Crippen LogP contribution is 2.17. The minimum atomic E-state index is -1.28. The van der Waals surface area contributed by atoms with Gasteiger partial charge in [-0.15, -0.1) is 0 Å². The first-order valence-corrected chi connectivity index (χ1v) is 4.11. The Morgan fingerprint density at radius 1 is 1.50 bits per heavy atom. The number of ether oxygens (including phenoxy) is 1. The van der Waals surface area contributed by atoms with Crippen molar-refractivity contribution in [2.45, 2.75) is 6.61 Å². The van der Waals surface area contributed by atoms with Crippen LogP contribution in [0.4, 0.5) is 5.69 Å². The molecule has 0 spiro atoms. The van der Waals surface area contributed by atoms with Crippen molar-refractivity contribution < 1.29 is 24.4 Å². The molecule has 0 saturated heterocycles. The van der Waals surface area contributed by atoms with Crippen LogP contribution in [0.25, 0.3) is 0 Å². The summed E-state index contributed by atoms with van der Waals surface area (Å²) in [6.45, 7) is -0.0231. The third kappa shape index (κ3) is 2.77. The molecule has 1 aromatic rings. The standard InChI is InChI=1S/C9H7NO6/c11-5-16-4-6-1-7(9(12)13)3-8(2-6)10(14)15/h1-3,5H,4H2,(H,12,13). The first-order chi connectivity index (χ1) is 7.54. The second-order valence-corrected chi connectivity index (χ2v) is 2.86. The number of nitro benzene ring substituents is 1. The van der Waals surface area contributed by atoms with E-state index < -0.39 is 10.9 Å². The van der Waals surface area contributed by atoms with E-state index in [-0.39, 0.29) is 29.9 Å². The highest BCUT2D eigenvalue weighted by atomic mass is 16.6. The van der Waals surface area contributed by atoms with Crippen LogP contribution in [0.3, 0.4) is 0 Å². The number of benzene rings is 1. The molecule has 0 aliphatic carbocycles. The Balaban J connectivity index is 3.13. The molecule has 0 unspecified atom stereocenters. The van der Waals surface area contributed by atoms with E-state index in [0.29, 0.717) is 0 Å². The van der Waals surface area contributed by atoms with E-state index in [1.165, 1.54) is 6.07 Å². The van der Waals surface area contributed by atoms with Gasteiger partial charge < -0.3 is 9.84 Å². The number of nitrogens with zero attached hydrogens (tertiary/aromatic N) is 1. The minimum Gasteiger partial charge on any atom is -0.478 e. The van der Waals surface area contributed by atoms with Gasteiger partial charge in [0.2, 0.25) is 0 Å². The number of hydrogen-bond donors (Lipinski definition) is 1. The predicted octanol–water partition coefficient (Wildman–Crippen LogP) is 0.966. The van der Waals surface area contributed by atoms with Gasteiger partial charge in [-0.05, 0) is 11.6 Å². The van der Waals surface area contributed by atoms with Crippen molar-refractivity contribution in [2.75, 3.05) is 0 Å². The largest absolute Gasteiger partial charge is 0.478 e. The van der Waals surface area contributed by atoms with Crippen molar-refractivity contribution >= 4 is 18.1 Å². The molecule has 0 atom stereocenters. The molecule has 0 amide bonds. The minimum absolute atomic E-state index is 0.180. The van der Waals surface area contributed by atoms with Gasteiger partial charge in [-0.2, -0.15) is 0 Å². The molecule has 0 aliphatic heterocycles. The Labute approximate surface area is 89.4 Å². The predicted molar refractivity (Wildman–Crippen MR) is 50.9 cm³/mol. The Hall–Kier alpha value is -2.44. The SMILES string of the molecule is O=COCc1cc(C(=O)O)cc([N+](=O)[O-])c1. The lowest BCUT2D eigenvalue weighted by Crippen LogP contribution is -2.01. The smallest absolute Gasteiger partial charge is 0.335 e. The van der Waals surface area contributed by atoms with Gasteiger partial charge in [-0.1, -0.05) is 0 Å². The molecule has 0 heterocycles. The van der Waals surface area contributed by atoms with E-state index in [2.05, 4.69) is 4.74 Å². The number of carboxylic acid groups (broad SMARTS) is 1. The monoisotopic (exact) mass is 225 g/mol. The Bertz CT molecular complexity index is 409. The van der Waals surface area contributed by atoms with Crippen LogP contribution in [0, 0.1) is 10.1 Å². The van der Waals surface area contributed by atoms with Crippen LogP contribution in [0.2, 0.25) is 0 Å². The fraction of sp³-hybridized carbons (Fsp3) is 0.111. The van der Waals surface area contributed by atoms with Crippen molar-refractivity contribution in [1.82, 2.24) is 0 Å². The summed E-state index contributed by atoms with van der Waals surface area (Å²) in [6.07, 6.45) is 0. The van der Waals surface area contributed by atoms with E-state index >= 15 is 0 Å². The number of carbonyl (C=O) groups is 2. The molecule has 7 nitrogen and oxygen atoms in total. The first-order valence-electron chi connectivity index (χ1n) is 4.11. The van der Waals surface area contributed by atoms with Crippen molar-refractivity contribution in [2.24, 2.45) is 0 Å². The lowest BCUT2D eigenvalue weighted by Gasteiger charge is -2.01. The maximum Gasteiger partial charge on any atom is 0.335 e. The average Bonchev–Trinajstić information content (AvgIpc) is 2.25. The molecule has 0 fully saturated rings. The Kier molecular flexibility index (Phi) is 3.54. The van der Waals surface area contributed by atoms with Gasteiger partial charge in [0.1, 0.15) is 6.61 Å². The zero-order valence-electron chi connectivity index (χ0n) is 7.95. The van der Waals surface area contributed by atoms with Gasteiger partial charge >= 0.3 is 5.97 Å². The summed E-state index contributed by atoms with van der Waals surface area (Å²) in [6, 6.07) is 3.29. The van der Waals surface area contributed by atoms with Crippen LogP contribution in [0.15, 0.2) is 18.2 Å². The van der Waals surface area contributed by atoms with Crippen LogP contribution in [-0.2, 0) is 16.1 Å². The molecule has 0 saturated carbocycles. The summed E-state index contributed by atoms with van der Waals surface area (Å²) in [5, 5.41) is 19.2. The van der Waals surface area contributed by atoms with Crippen LogP contribution in [0.1, 0.15) is 15.9 Å². The maximum absolute atomic E-state index is 10.7. The number of rotatable bonds is 5. The van der Waals surface area contributed by atoms with Crippen LogP contribution in [0.5, 0.6) is 0 Å². The summed E-state index contributed by atoms with van der Waals surface area (Å²) in [5.41, 5.74) is -0.332. The summed E-state index contributed by atoms with van der Waals surface area (Å²) < 4.78 is 4.39.